The monoisotopic (exact) mass is 447 g/mol. The molecule has 1 saturated carbocycles. The summed E-state index contributed by atoms with van der Waals surface area (Å²) < 4.78 is 52.0. The van der Waals surface area contributed by atoms with E-state index in [4.69, 9.17) is 0 Å². The fourth-order valence-corrected chi connectivity index (χ4v) is 4.50. The second-order valence-electron chi connectivity index (χ2n) is 7.88. The van der Waals surface area contributed by atoms with Crippen molar-refractivity contribution in [3.05, 3.63) is 60.1 Å². The molecule has 8 nitrogen and oxygen atoms in total. The molecule has 32 heavy (non-hydrogen) atoms. The van der Waals surface area contributed by atoms with Crippen LogP contribution in [-0.2, 0) is 6.18 Å². The van der Waals surface area contributed by atoms with Crippen molar-refractivity contribution in [2.24, 2.45) is 5.92 Å². The van der Waals surface area contributed by atoms with Crippen LogP contribution in [0.1, 0.15) is 28.9 Å². The minimum absolute atomic E-state index is 0.180. The number of carbonyl (C=O) groups is 1. The van der Waals surface area contributed by atoms with Gasteiger partial charge in [0, 0.05) is 18.7 Å². The van der Waals surface area contributed by atoms with Crippen molar-refractivity contribution < 1.29 is 22.4 Å². The zero-order valence-electron chi connectivity index (χ0n) is 16.5. The summed E-state index contributed by atoms with van der Waals surface area (Å²) in [6.07, 6.45) is 1.55. The summed E-state index contributed by atoms with van der Waals surface area (Å²) in [4.78, 5) is 23.5. The predicted octanol–water partition coefficient (Wildman–Crippen LogP) is 2.93. The number of rotatable bonds is 4. The Kier molecular flexibility index (Phi) is 4.79. The van der Waals surface area contributed by atoms with E-state index in [1.165, 1.54) is 35.4 Å². The minimum atomic E-state index is -4.56. The number of halogens is 4. The molecule has 1 N–H and O–H groups in total. The molecule has 2 bridgehead atoms. The van der Waals surface area contributed by atoms with E-state index in [-0.39, 0.29) is 41.0 Å². The van der Waals surface area contributed by atoms with Crippen molar-refractivity contribution in [2.45, 2.75) is 31.1 Å². The SMILES string of the molecule is O=C(c1ccc(F)cc1-n1nccn1)N1C[C@H]2C[C@@H](Nc3cnc(C(F)(F)F)cn3)[C@@H]1C2. The van der Waals surface area contributed by atoms with Crippen molar-refractivity contribution in [2.75, 3.05) is 11.9 Å². The van der Waals surface area contributed by atoms with Gasteiger partial charge < -0.3 is 10.2 Å². The number of anilines is 1. The Labute approximate surface area is 179 Å². The van der Waals surface area contributed by atoms with Crippen molar-refractivity contribution in [1.29, 1.82) is 0 Å². The van der Waals surface area contributed by atoms with E-state index in [1.807, 2.05) is 0 Å². The molecule has 1 saturated heterocycles. The molecule has 3 aromatic rings. The lowest BCUT2D eigenvalue weighted by atomic mass is 10.0. The van der Waals surface area contributed by atoms with Gasteiger partial charge in [0.2, 0.25) is 0 Å². The molecule has 12 heteroatoms. The van der Waals surface area contributed by atoms with Gasteiger partial charge in [0.05, 0.1) is 36.4 Å². The third-order valence-electron chi connectivity index (χ3n) is 5.84. The first kappa shape index (κ1) is 20.3. The molecule has 1 aliphatic carbocycles. The molecule has 0 radical (unpaired) electrons. The van der Waals surface area contributed by atoms with Crippen molar-refractivity contribution in [3.63, 3.8) is 0 Å². The minimum Gasteiger partial charge on any atom is -0.364 e. The number of carbonyl (C=O) groups excluding carboxylic acids is 1. The number of nitrogens with one attached hydrogen (secondary N) is 1. The highest BCUT2D eigenvalue weighted by atomic mass is 19.4. The Balaban J connectivity index is 1.36. The first-order chi connectivity index (χ1) is 15.3. The second kappa shape index (κ2) is 7.53. The number of likely N-dealkylation sites (tertiary alicyclic amines) is 1. The fourth-order valence-electron chi connectivity index (χ4n) is 4.50. The van der Waals surface area contributed by atoms with Crippen LogP contribution in [-0.4, -0.2) is 54.4 Å². The van der Waals surface area contributed by atoms with Gasteiger partial charge in [0.1, 0.15) is 17.3 Å². The summed E-state index contributed by atoms with van der Waals surface area (Å²) in [6, 6.07) is 3.46. The molecule has 0 unspecified atom stereocenters. The third kappa shape index (κ3) is 3.65. The summed E-state index contributed by atoms with van der Waals surface area (Å²) in [5, 5.41) is 11.1. The molecule has 1 amide bonds. The van der Waals surface area contributed by atoms with E-state index in [2.05, 4.69) is 25.5 Å². The van der Waals surface area contributed by atoms with Gasteiger partial charge in [-0.15, -0.1) is 0 Å². The highest BCUT2D eigenvalue weighted by molar-refractivity contribution is 5.98. The van der Waals surface area contributed by atoms with Crippen LogP contribution < -0.4 is 5.32 Å². The standard InChI is InChI=1S/C20H17F4N7O/c21-12-1-2-13(15(7-12)31-27-3-4-28-31)19(32)30-10-11-5-14(16(30)6-11)29-18-9-25-17(8-26-18)20(22,23)24/h1-4,7-9,11,14,16H,5-6,10H2,(H,26,29)/t11-,14+,16-/m0/s1. The number of amides is 1. The maximum Gasteiger partial charge on any atom is 0.434 e. The first-order valence-corrected chi connectivity index (χ1v) is 9.92. The van der Waals surface area contributed by atoms with Gasteiger partial charge in [-0.3, -0.25) is 4.79 Å². The van der Waals surface area contributed by atoms with Gasteiger partial charge in [-0.25, -0.2) is 14.4 Å². The number of hydrogen-bond donors (Lipinski definition) is 1. The van der Waals surface area contributed by atoms with Crippen LogP contribution in [0.4, 0.5) is 23.4 Å². The quantitative estimate of drug-likeness (QED) is 0.619. The average molecular weight is 447 g/mol. The lowest BCUT2D eigenvalue weighted by Gasteiger charge is -2.34. The summed E-state index contributed by atoms with van der Waals surface area (Å²) >= 11 is 0. The molecule has 2 aliphatic rings. The largest absolute Gasteiger partial charge is 0.434 e. The van der Waals surface area contributed by atoms with Crippen molar-refractivity contribution >= 4 is 11.7 Å². The van der Waals surface area contributed by atoms with Crippen LogP contribution in [0.15, 0.2) is 43.0 Å². The van der Waals surface area contributed by atoms with E-state index >= 15 is 0 Å². The Morgan fingerprint density at radius 1 is 1.09 bits per heavy atom. The van der Waals surface area contributed by atoms with E-state index in [1.54, 1.807) is 4.90 Å². The summed E-state index contributed by atoms with van der Waals surface area (Å²) in [7, 11) is 0. The van der Waals surface area contributed by atoms with Gasteiger partial charge >= 0.3 is 6.18 Å². The number of benzene rings is 1. The van der Waals surface area contributed by atoms with Crippen LogP contribution in [0.25, 0.3) is 5.69 Å². The predicted molar refractivity (Wildman–Crippen MR) is 103 cm³/mol. The Morgan fingerprint density at radius 2 is 1.88 bits per heavy atom. The number of nitrogens with zero attached hydrogens (tertiary/aromatic N) is 6. The molecular formula is C20H17F4N7O. The van der Waals surface area contributed by atoms with Crippen molar-refractivity contribution in [1.82, 2.24) is 29.9 Å². The van der Waals surface area contributed by atoms with E-state index in [0.717, 1.165) is 19.0 Å². The van der Waals surface area contributed by atoms with Crippen LogP contribution in [0.5, 0.6) is 0 Å². The second-order valence-corrected chi connectivity index (χ2v) is 7.88. The maximum absolute atomic E-state index is 13.8. The number of fused-ring (bicyclic) bond motifs is 2. The van der Waals surface area contributed by atoms with Gasteiger partial charge in [0.15, 0.2) is 5.69 Å². The molecule has 1 aromatic carbocycles. The van der Waals surface area contributed by atoms with Gasteiger partial charge in [0.25, 0.3) is 5.91 Å². The van der Waals surface area contributed by atoms with Crippen LogP contribution >= 0.6 is 0 Å². The molecular weight excluding hydrogens is 430 g/mol. The average Bonchev–Trinajstić information content (AvgIpc) is 3.50. The number of aromatic nitrogens is 5. The molecule has 2 aromatic heterocycles. The zero-order valence-corrected chi connectivity index (χ0v) is 16.5. The topological polar surface area (TPSA) is 88.8 Å². The van der Waals surface area contributed by atoms with E-state index in [0.29, 0.717) is 12.7 Å². The maximum atomic E-state index is 13.8. The normalized spacial score (nSPS) is 22.4. The molecule has 166 valence electrons. The number of alkyl halides is 3. The Morgan fingerprint density at radius 3 is 2.53 bits per heavy atom. The zero-order chi connectivity index (χ0) is 22.5. The van der Waals surface area contributed by atoms with Gasteiger partial charge in [-0.1, -0.05) is 0 Å². The summed E-state index contributed by atoms with van der Waals surface area (Å²) in [6.45, 7) is 0.545. The lowest BCUT2D eigenvalue weighted by Crippen LogP contribution is -2.48. The fraction of sp³-hybridized carbons (Fsp3) is 0.350. The molecule has 3 heterocycles. The first-order valence-electron chi connectivity index (χ1n) is 9.92. The molecule has 5 rings (SSSR count). The highest BCUT2D eigenvalue weighted by Crippen LogP contribution is 2.40. The Hall–Kier alpha value is -3.57. The summed E-state index contributed by atoms with van der Waals surface area (Å²) in [5.41, 5.74) is -0.562. The highest BCUT2D eigenvalue weighted by Gasteiger charge is 2.47. The molecule has 1 aliphatic heterocycles. The number of piperidine rings is 1. The third-order valence-corrected chi connectivity index (χ3v) is 5.84. The van der Waals surface area contributed by atoms with Crippen molar-refractivity contribution in [3.8, 4) is 5.69 Å². The summed E-state index contributed by atoms with van der Waals surface area (Å²) in [5.74, 6) is -0.339. The molecule has 0 spiro atoms. The van der Waals surface area contributed by atoms with Crippen LogP contribution in [0, 0.1) is 11.7 Å². The van der Waals surface area contributed by atoms with E-state index in [9.17, 15) is 22.4 Å². The lowest BCUT2D eigenvalue weighted by molar-refractivity contribution is -0.141. The molecule has 2 fully saturated rings. The Bertz CT molecular complexity index is 1130. The van der Waals surface area contributed by atoms with Crippen LogP contribution in [0.2, 0.25) is 0 Å². The van der Waals surface area contributed by atoms with Gasteiger partial charge in [-0.2, -0.15) is 28.2 Å². The van der Waals surface area contributed by atoms with E-state index < -0.39 is 17.7 Å². The van der Waals surface area contributed by atoms with Gasteiger partial charge in [-0.05, 0) is 30.9 Å². The smallest absolute Gasteiger partial charge is 0.364 e. The van der Waals surface area contributed by atoms with Crippen LogP contribution in [0.3, 0.4) is 0 Å². The number of hydrogen-bond acceptors (Lipinski definition) is 6. The molecule has 3 atom stereocenters.